The third-order valence-electron chi connectivity index (χ3n) is 3.33. The molecule has 0 radical (unpaired) electrons. The molecule has 1 aromatic heterocycles. The number of fused-ring (bicyclic) bond motifs is 1. The van der Waals surface area contributed by atoms with E-state index in [4.69, 9.17) is 16.7 Å². The minimum atomic E-state index is -0.888. The molecule has 20 heavy (non-hydrogen) atoms. The largest absolute Gasteiger partial charge is 0.481 e. The van der Waals surface area contributed by atoms with E-state index in [1.54, 1.807) is 6.07 Å². The first-order valence-electron chi connectivity index (χ1n) is 6.22. The summed E-state index contributed by atoms with van der Waals surface area (Å²) in [5.74, 6) is -0.888. The molecule has 3 rings (SSSR count). The fourth-order valence-corrected chi connectivity index (χ4v) is 2.70. The number of carboxylic acids is 1. The van der Waals surface area contributed by atoms with Gasteiger partial charge in [0.05, 0.1) is 6.42 Å². The Balaban J connectivity index is 2.26. The Morgan fingerprint density at radius 1 is 1.10 bits per heavy atom. The Hall–Kier alpha value is -2.26. The molecule has 0 saturated heterocycles. The smallest absolute Gasteiger partial charge is 0.307 e. The highest BCUT2D eigenvalue weighted by Crippen LogP contribution is 2.34. The highest BCUT2D eigenvalue weighted by molar-refractivity contribution is 6.32. The minimum Gasteiger partial charge on any atom is -0.481 e. The van der Waals surface area contributed by atoms with Crippen LogP contribution in [0, 0.1) is 0 Å². The van der Waals surface area contributed by atoms with E-state index in [0.29, 0.717) is 10.6 Å². The molecule has 0 fully saturated rings. The van der Waals surface area contributed by atoms with Crippen LogP contribution in [0.15, 0.2) is 48.7 Å². The van der Waals surface area contributed by atoms with Crippen LogP contribution < -0.4 is 0 Å². The number of carbonyl (C=O) groups is 1. The van der Waals surface area contributed by atoms with Gasteiger partial charge < -0.3 is 10.1 Å². The molecule has 0 aliphatic rings. The molecule has 0 amide bonds. The molecule has 0 spiro atoms. The van der Waals surface area contributed by atoms with Crippen LogP contribution in [0.2, 0.25) is 5.02 Å². The molecule has 0 saturated carbocycles. The van der Waals surface area contributed by atoms with E-state index in [9.17, 15) is 4.79 Å². The molecule has 0 atom stereocenters. The summed E-state index contributed by atoms with van der Waals surface area (Å²) in [4.78, 5) is 14.2. The Labute approximate surface area is 120 Å². The molecule has 0 bridgehead atoms. The number of aromatic nitrogens is 1. The Bertz CT molecular complexity index is 792. The minimum absolute atomic E-state index is 0.0875. The van der Waals surface area contributed by atoms with E-state index in [-0.39, 0.29) is 6.42 Å². The number of aliphatic carboxylic acids is 1. The van der Waals surface area contributed by atoms with Crippen molar-refractivity contribution in [2.45, 2.75) is 6.42 Å². The first kappa shape index (κ1) is 12.8. The van der Waals surface area contributed by atoms with Gasteiger partial charge in [0, 0.05) is 22.1 Å². The van der Waals surface area contributed by atoms with E-state index in [2.05, 4.69) is 4.98 Å². The lowest BCUT2D eigenvalue weighted by Gasteiger charge is -2.11. The maximum Gasteiger partial charge on any atom is 0.307 e. The summed E-state index contributed by atoms with van der Waals surface area (Å²) < 4.78 is 0. The standard InChI is InChI=1S/C16H12ClNO2/c17-14-5-1-3-11(13(14)9-16(19)20)10-4-2-6-15-12(10)7-8-18-15/h1-8,18H,9H2,(H,19,20). The van der Waals surface area contributed by atoms with Gasteiger partial charge in [0.1, 0.15) is 0 Å². The average Bonchev–Trinajstić information content (AvgIpc) is 2.89. The van der Waals surface area contributed by atoms with Gasteiger partial charge in [0.15, 0.2) is 0 Å². The molecule has 0 aliphatic carbocycles. The molecular weight excluding hydrogens is 274 g/mol. The highest BCUT2D eigenvalue weighted by Gasteiger charge is 2.14. The van der Waals surface area contributed by atoms with Crippen molar-refractivity contribution in [2.24, 2.45) is 0 Å². The second kappa shape index (κ2) is 5.02. The number of rotatable bonds is 3. The van der Waals surface area contributed by atoms with Crippen LogP contribution >= 0.6 is 11.6 Å². The van der Waals surface area contributed by atoms with E-state index >= 15 is 0 Å². The van der Waals surface area contributed by atoms with Crippen LogP contribution in [0.5, 0.6) is 0 Å². The lowest BCUT2D eigenvalue weighted by molar-refractivity contribution is -0.136. The first-order chi connectivity index (χ1) is 9.66. The van der Waals surface area contributed by atoms with Crippen LogP contribution in [0.1, 0.15) is 5.56 Å². The first-order valence-corrected chi connectivity index (χ1v) is 6.60. The third-order valence-corrected chi connectivity index (χ3v) is 3.69. The molecule has 0 aliphatic heterocycles. The normalized spacial score (nSPS) is 10.8. The second-order valence-electron chi connectivity index (χ2n) is 4.58. The van der Waals surface area contributed by atoms with Crippen molar-refractivity contribution in [1.29, 1.82) is 0 Å². The molecule has 3 nitrogen and oxygen atoms in total. The van der Waals surface area contributed by atoms with Crippen LogP contribution in [0.3, 0.4) is 0 Å². The summed E-state index contributed by atoms with van der Waals surface area (Å²) in [5.41, 5.74) is 3.52. The van der Waals surface area contributed by atoms with Crippen molar-refractivity contribution < 1.29 is 9.90 Å². The summed E-state index contributed by atoms with van der Waals surface area (Å²) in [5, 5.41) is 10.6. The number of halogens is 1. The lowest BCUT2D eigenvalue weighted by atomic mass is 9.95. The lowest BCUT2D eigenvalue weighted by Crippen LogP contribution is -2.02. The van der Waals surface area contributed by atoms with Gasteiger partial charge >= 0.3 is 5.97 Å². The Morgan fingerprint density at radius 3 is 2.65 bits per heavy atom. The van der Waals surface area contributed by atoms with Gasteiger partial charge in [-0.3, -0.25) is 4.79 Å². The number of benzene rings is 2. The summed E-state index contributed by atoms with van der Waals surface area (Å²) in [6.07, 6.45) is 1.78. The fraction of sp³-hybridized carbons (Fsp3) is 0.0625. The van der Waals surface area contributed by atoms with Gasteiger partial charge in [-0.15, -0.1) is 0 Å². The fourth-order valence-electron chi connectivity index (χ4n) is 2.46. The van der Waals surface area contributed by atoms with Crippen molar-refractivity contribution in [3.63, 3.8) is 0 Å². The van der Waals surface area contributed by atoms with Crippen LogP contribution in [0.25, 0.3) is 22.0 Å². The summed E-state index contributed by atoms with van der Waals surface area (Å²) in [6.45, 7) is 0. The van der Waals surface area contributed by atoms with Gasteiger partial charge in [0.25, 0.3) is 0 Å². The number of aromatic amines is 1. The summed E-state index contributed by atoms with van der Waals surface area (Å²) in [6, 6.07) is 13.4. The van der Waals surface area contributed by atoms with E-state index in [1.807, 2.05) is 42.6 Å². The molecular formula is C16H12ClNO2. The number of hydrogen-bond donors (Lipinski definition) is 2. The Kier molecular flexibility index (Phi) is 3.20. The highest BCUT2D eigenvalue weighted by atomic mass is 35.5. The zero-order valence-electron chi connectivity index (χ0n) is 10.6. The maximum absolute atomic E-state index is 11.1. The molecule has 0 unspecified atom stereocenters. The van der Waals surface area contributed by atoms with Crippen LogP contribution in [0.4, 0.5) is 0 Å². The molecule has 1 heterocycles. The van der Waals surface area contributed by atoms with Gasteiger partial charge in [-0.05, 0) is 34.9 Å². The summed E-state index contributed by atoms with van der Waals surface area (Å²) in [7, 11) is 0. The topological polar surface area (TPSA) is 53.1 Å². The number of hydrogen-bond acceptors (Lipinski definition) is 1. The van der Waals surface area contributed by atoms with Crippen molar-refractivity contribution in [1.82, 2.24) is 4.98 Å². The Morgan fingerprint density at radius 2 is 1.85 bits per heavy atom. The van der Waals surface area contributed by atoms with Crippen LogP contribution in [-0.4, -0.2) is 16.1 Å². The second-order valence-corrected chi connectivity index (χ2v) is 4.99. The predicted molar refractivity (Wildman–Crippen MR) is 80.1 cm³/mol. The maximum atomic E-state index is 11.1. The van der Waals surface area contributed by atoms with Gasteiger partial charge in [-0.25, -0.2) is 0 Å². The van der Waals surface area contributed by atoms with Crippen LogP contribution in [-0.2, 0) is 11.2 Å². The van der Waals surface area contributed by atoms with Crippen molar-refractivity contribution in [3.8, 4) is 11.1 Å². The molecule has 4 heteroatoms. The monoisotopic (exact) mass is 285 g/mol. The quantitative estimate of drug-likeness (QED) is 0.761. The van der Waals surface area contributed by atoms with Crippen molar-refractivity contribution in [2.75, 3.05) is 0 Å². The van der Waals surface area contributed by atoms with E-state index in [0.717, 1.165) is 22.0 Å². The molecule has 2 N–H and O–H groups in total. The van der Waals surface area contributed by atoms with Gasteiger partial charge in [-0.1, -0.05) is 35.9 Å². The average molecular weight is 286 g/mol. The number of nitrogens with one attached hydrogen (secondary N) is 1. The zero-order valence-corrected chi connectivity index (χ0v) is 11.3. The molecule has 2 aromatic carbocycles. The van der Waals surface area contributed by atoms with Gasteiger partial charge in [-0.2, -0.15) is 0 Å². The van der Waals surface area contributed by atoms with Gasteiger partial charge in [0.2, 0.25) is 0 Å². The van der Waals surface area contributed by atoms with E-state index in [1.165, 1.54) is 0 Å². The van der Waals surface area contributed by atoms with E-state index < -0.39 is 5.97 Å². The third kappa shape index (κ3) is 2.17. The zero-order chi connectivity index (χ0) is 14.1. The molecule has 3 aromatic rings. The summed E-state index contributed by atoms with van der Waals surface area (Å²) >= 11 is 6.18. The molecule has 100 valence electrons. The van der Waals surface area contributed by atoms with Crippen molar-refractivity contribution >= 4 is 28.5 Å². The predicted octanol–water partition coefficient (Wildman–Crippen LogP) is 4.12. The number of carboxylic acid groups (broad SMARTS) is 1. The van der Waals surface area contributed by atoms with Crippen molar-refractivity contribution in [3.05, 3.63) is 59.2 Å². The number of H-pyrrole nitrogens is 1. The SMILES string of the molecule is O=C(O)Cc1c(Cl)cccc1-c1cccc2[nH]ccc12.